The lowest BCUT2D eigenvalue weighted by Crippen LogP contribution is -2.32. The molecule has 1 fully saturated rings. The molecule has 0 aliphatic carbocycles. The fourth-order valence-corrected chi connectivity index (χ4v) is 3.75. The Hall–Kier alpha value is -2.71. The minimum absolute atomic E-state index is 0.242. The van der Waals surface area contributed by atoms with E-state index in [1.165, 1.54) is 0 Å². The Kier molecular flexibility index (Phi) is 6.21. The Balaban J connectivity index is 1.50. The van der Waals surface area contributed by atoms with Crippen LogP contribution in [-0.2, 0) is 11.3 Å². The second-order valence-electron chi connectivity index (χ2n) is 7.26. The number of ether oxygens (including phenoxy) is 1. The number of amides is 1. The third-order valence-corrected chi connectivity index (χ3v) is 5.24. The minimum Gasteiger partial charge on any atom is -0.382 e. The Labute approximate surface area is 170 Å². The number of para-hydroxylation sites is 2. The molecule has 0 saturated carbocycles. The Morgan fingerprint density at radius 1 is 1.34 bits per heavy atom. The summed E-state index contributed by atoms with van der Waals surface area (Å²) in [6.07, 6.45) is 4.93. The van der Waals surface area contributed by atoms with Crippen LogP contribution >= 0.6 is 0 Å². The second kappa shape index (κ2) is 9.19. The highest BCUT2D eigenvalue weighted by Gasteiger charge is 2.19. The average Bonchev–Trinajstić information content (AvgIpc) is 3.37. The van der Waals surface area contributed by atoms with Gasteiger partial charge in [-0.05, 0) is 50.9 Å². The summed E-state index contributed by atoms with van der Waals surface area (Å²) in [7, 11) is 0. The number of piperidine rings is 1. The van der Waals surface area contributed by atoms with Gasteiger partial charge in [0.25, 0.3) is 5.91 Å². The topological polar surface area (TPSA) is 86.0 Å². The van der Waals surface area contributed by atoms with Crippen LogP contribution in [0.15, 0.2) is 36.5 Å². The summed E-state index contributed by atoms with van der Waals surface area (Å²) in [5, 5.41) is 10.8. The number of anilines is 1. The molecule has 1 saturated heterocycles. The fourth-order valence-electron chi connectivity index (χ4n) is 3.75. The van der Waals surface area contributed by atoms with Crippen LogP contribution in [0.4, 0.5) is 5.95 Å². The van der Waals surface area contributed by atoms with E-state index in [0.29, 0.717) is 30.9 Å². The summed E-state index contributed by atoms with van der Waals surface area (Å²) in [5.74, 6) is 0.301. The predicted octanol–water partition coefficient (Wildman–Crippen LogP) is 2.84. The van der Waals surface area contributed by atoms with Crippen LogP contribution in [0, 0.1) is 0 Å². The van der Waals surface area contributed by atoms with E-state index in [9.17, 15) is 4.79 Å². The van der Waals surface area contributed by atoms with E-state index < -0.39 is 0 Å². The molecule has 1 amide bonds. The number of nitrogens with zero attached hydrogens (tertiary/aromatic N) is 4. The number of aryl methyl sites for hydroxylation is 1. The van der Waals surface area contributed by atoms with Gasteiger partial charge in [-0.15, -0.1) is 0 Å². The van der Waals surface area contributed by atoms with Gasteiger partial charge in [-0.3, -0.25) is 14.8 Å². The molecule has 0 bridgehead atoms. The van der Waals surface area contributed by atoms with Crippen molar-refractivity contribution in [3.8, 4) is 0 Å². The van der Waals surface area contributed by atoms with Crippen LogP contribution in [0.25, 0.3) is 11.0 Å². The van der Waals surface area contributed by atoms with E-state index in [-0.39, 0.29) is 5.91 Å². The Morgan fingerprint density at radius 2 is 2.24 bits per heavy atom. The zero-order chi connectivity index (χ0) is 20.1. The van der Waals surface area contributed by atoms with Crippen LogP contribution in [0.5, 0.6) is 0 Å². The van der Waals surface area contributed by atoms with Crippen molar-refractivity contribution in [1.82, 2.24) is 24.6 Å². The number of carbonyl (C=O) groups excluding carboxylic acids is 1. The van der Waals surface area contributed by atoms with E-state index in [0.717, 1.165) is 49.9 Å². The number of carbonyl (C=O) groups is 1. The molecule has 2 aromatic heterocycles. The first kappa shape index (κ1) is 19.6. The zero-order valence-corrected chi connectivity index (χ0v) is 16.8. The zero-order valence-electron chi connectivity index (χ0n) is 16.8. The molecule has 8 heteroatoms. The molecule has 0 spiro atoms. The van der Waals surface area contributed by atoms with Gasteiger partial charge in [-0.25, -0.2) is 4.98 Å². The molecule has 2 N–H and O–H groups in total. The number of rotatable bonds is 8. The maximum atomic E-state index is 12.8. The summed E-state index contributed by atoms with van der Waals surface area (Å²) < 4.78 is 9.39. The molecule has 8 nitrogen and oxygen atoms in total. The molecule has 1 aliphatic heterocycles. The molecule has 4 rings (SSSR count). The quantitative estimate of drug-likeness (QED) is 0.572. The summed E-state index contributed by atoms with van der Waals surface area (Å²) >= 11 is 0. The monoisotopic (exact) mass is 396 g/mol. The number of imidazole rings is 1. The SMILES string of the molecule is CCOCCCn1c(NC(=O)c2ccn(C3CCCNC3)n2)nc2ccccc21. The van der Waals surface area contributed by atoms with Crippen molar-refractivity contribution in [3.63, 3.8) is 0 Å². The summed E-state index contributed by atoms with van der Waals surface area (Å²) in [5.41, 5.74) is 2.26. The lowest BCUT2D eigenvalue weighted by molar-refractivity contribution is 0.101. The minimum atomic E-state index is -0.242. The van der Waals surface area contributed by atoms with Crippen molar-refractivity contribution in [3.05, 3.63) is 42.2 Å². The highest BCUT2D eigenvalue weighted by molar-refractivity contribution is 6.02. The average molecular weight is 396 g/mol. The molecule has 3 aromatic rings. The highest BCUT2D eigenvalue weighted by atomic mass is 16.5. The lowest BCUT2D eigenvalue weighted by atomic mass is 10.1. The fraction of sp³-hybridized carbons (Fsp3) is 0.476. The highest BCUT2D eigenvalue weighted by Crippen LogP contribution is 2.21. The van der Waals surface area contributed by atoms with Gasteiger partial charge in [0.15, 0.2) is 5.69 Å². The second-order valence-corrected chi connectivity index (χ2v) is 7.26. The van der Waals surface area contributed by atoms with Crippen LogP contribution < -0.4 is 10.6 Å². The summed E-state index contributed by atoms with van der Waals surface area (Å²) in [4.78, 5) is 17.5. The van der Waals surface area contributed by atoms with Crippen molar-refractivity contribution in [1.29, 1.82) is 0 Å². The smallest absolute Gasteiger partial charge is 0.278 e. The van der Waals surface area contributed by atoms with E-state index in [2.05, 4.69) is 20.7 Å². The number of hydrogen-bond acceptors (Lipinski definition) is 5. The van der Waals surface area contributed by atoms with Crippen LogP contribution in [-0.4, -0.2) is 51.5 Å². The molecule has 1 atom stereocenters. The van der Waals surface area contributed by atoms with Gasteiger partial charge in [0.2, 0.25) is 5.95 Å². The Bertz CT molecular complexity index is 957. The van der Waals surface area contributed by atoms with Gasteiger partial charge in [0, 0.05) is 32.5 Å². The van der Waals surface area contributed by atoms with E-state index >= 15 is 0 Å². The summed E-state index contributed by atoms with van der Waals surface area (Å²) in [6.45, 7) is 6.02. The first-order valence-corrected chi connectivity index (χ1v) is 10.4. The number of aromatic nitrogens is 4. The molecular weight excluding hydrogens is 368 g/mol. The van der Waals surface area contributed by atoms with Crippen LogP contribution in [0.2, 0.25) is 0 Å². The molecule has 0 radical (unpaired) electrons. The van der Waals surface area contributed by atoms with Crippen LogP contribution in [0.1, 0.15) is 42.7 Å². The lowest BCUT2D eigenvalue weighted by Gasteiger charge is -2.22. The van der Waals surface area contributed by atoms with Crippen molar-refractivity contribution in [2.75, 3.05) is 31.6 Å². The maximum Gasteiger partial charge on any atom is 0.278 e. The van der Waals surface area contributed by atoms with Crippen LogP contribution in [0.3, 0.4) is 0 Å². The standard InChI is InChI=1S/C21H28N6O2/c1-2-29-14-6-12-26-19-9-4-3-8-17(19)23-21(26)24-20(28)18-10-13-27(25-18)16-7-5-11-22-15-16/h3-4,8-10,13,16,22H,2,5-7,11-12,14-15H2,1H3,(H,23,24,28). The Morgan fingerprint density at radius 3 is 3.07 bits per heavy atom. The molecule has 3 heterocycles. The third kappa shape index (κ3) is 4.49. The van der Waals surface area contributed by atoms with Gasteiger partial charge in [0.1, 0.15) is 0 Å². The molecule has 154 valence electrons. The van der Waals surface area contributed by atoms with Crippen molar-refractivity contribution in [2.45, 2.75) is 38.8 Å². The molecular formula is C21H28N6O2. The van der Waals surface area contributed by atoms with Gasteiger partial charge >= 0.3 is 0 Å². The number of fused-ring (bicyclic) bond motifs is 1. The molecule has 1 unspecified atom stereocenters. The first-order valence-electron chi connectivity index (χ1n) is 10.4. The number of hydrogen-bond donors (Lipinski definition) is 2. The summed E-state index contributed by atoms with van der Waals surface area (Å²) in [6, 6.07) is 9.97. The third-order valence-electron chi connectivity index (χ3n) is 5.24. The first-order chi connectivity index (χ1) is 14.3. The van der Waals surface area contributed by atoms with Crippen molar-refractivity contribution in [2.24, 2.45) is 0 Å². The van der Waals surface area contributed by atoms with Crippen molar-refractivity contribution >= 4 is 22.9 Å². The molecule has 1 aromatic carbocycles. The van der Waals surface area contributed by atoms with E-state index in [4.69, 9.17) is 4.74 Å². The molecule has 29 heavy (non-hydrogen) atoms. The van der Waals surface area contributed by atoms with Crippen molar-refractivity contribution < 1.29 is 9.53 Å². The van der Waals surface area contributed by atoms with Gasteiger partial charge in [0.05, 0.1) is 17.1 Å². The predicted molar refractivity (Wildman–Crippen MR) is 112 cm³/mol. The van der Waals surface area contributed by atoms with Gasteiger partial charge in [-0.1, -0.05) is 12.1 Å². The maximum absolute atomic E-state index is 12.8. The van der Waals surface area contributed by atoms with Gasteiger partial charge < -0.3 is 14.6 Å². The van der Waals surface area contributed by atoms with E-state index in [1.807, 2.05) is 46.6 Å². The number of benzene rings is 1. The van der Waals surface area contributed by atoms with E-state index in [1.54, 1.807) is 6.07 Å². The number of nitrogens with one attached hydrogen (secondary N) is 2. The molecule has 1 aliphatic rings. The normalized spacial score (nSPS) is 16.9. The largest absolute Gasteiger partial charge is 0.382 e. The van der Waals surface area contributed by atoms with Gasteiger partial charge in [-0.2, -0.15) is 5.10 Å².